The van der Waals surface area contributed by atoms with Crippen LogP contribution in [0.1, 0.15) is 5.69 Å². The van der Waals surface area contributed by atoms with Gasteiger partial charge in [-0.1, -0.05) is 0 Å². The summed E-state index contributed by atoms with van der Waals surface area (Å²) in [7, 11) is 0. The molecule has 72 valence electrons. The highest BCUT2D eigenvalue weighted by atomic mass is 14.8. The fourth-order valence-electron chi connectivity index (χ4n) is 1.20. The van der Waals surface area contributed by atoms with Gasteiger partial charge in [0.15, 0.2) is 0 Å². The van der Waals surface area contributed by atoms with Gasteiger partial charge < -0.3 is 0 Å². The molecule has 0 fully saturated rings. The molecule has 0 radical (unpaired) electrons. The summed E-state index contributed by atoms with van der Waals surface area (Å²) in [5.74, 6) is 0. The van der Waals surface area contributed by atoms with Crippen molar-refractivity contribution in [1.82, 2.24) is 15.0 Å². The van der Waals surface area contributed by atoms with E-state index in [2.05, 4.69) is 15.0 Å². The molecule has 0 aromatic carbocycles. The summed E-state index contributed by atoms with van der Waals surface area (Å²) in [6, 6.07) is 5.77. The van der Waals surface area contributed by atoms with E-state index in [0.717, 1.165) is 11.3 Å². The Morgan fingerprint density at radius 2 is 1.93 bits per heavy atom. The summed E-state index contributed by atoms with van der Waals surface area (Å²) in [6.45, 7) is 0. The van der Waals surface area contributed by atoms with Crippen LogP contribution >= 0.6 is 0 Å². The Balaban J connectivity index is 2.29. The van der Waals surface area contributed by atoms with Gasteiger partial charge in [-0.25, -0.2) is 0 Å². The topological polar surface area (TPSA) is 62.5 Å². The largest absolute Gasteiger partial charge is 0.265 e. The predicted octanol–water partition coefficient (Wildman–Crippen LogP) is 1.60. The molecule has 2 rings (SSSR count). The molecule has 0 spiro atoms. The highest BCUT2D eigenvalue weighted by Gasteiger charge is 1.99. The lowest BCUT2D eigenvalue weighted by atomic mass is 10.2. The lowest BCUT2D eigenvalue weighted by Gasteiger charge is -1.99. The fraction of sp³-hybridized carbons (Fsp3) is 0.0909. The first kappa shape index (κ1) is 9.28. The first-order valence-corrected chi connectivity index (χ1v) is 4.48. The van der Waals surface area contributed by atoms with Crippen LogP contribution in [-0.2, 0) is 6.42 Å². The first-order valence-electron chi connectivity index (χ1n) is 4.48. The molecule has 0 aliphatic heterocycles. The van der Waals surface area contributed by atoms with E-state index in [9.17, 15) is 0 Å². The molecule has 4 heteroatoms. The van der Waals surface area contributed by atoms with Gasteiger partial charge in [-0.05, 0) is 12.1 Å². The smallest absolute Gasteiger partial charge is 0.0886 e. The van der Waals surface area contributed by atoms with Crippen molar-refractivity contribution >= 4 is 0 Å². The van der Waals surface area contributed by atoms with Crippen LogP contribution in [0.2, 0.25) is 0 Å². The van der Waals surface area contributed by atoms with Crippen LogP contribution in [0, 0.1) is 11.3 Å². The molecule has 0 bridgehead atoms. The van der Waals surface area contributed by atoms with E-state index in [1.807, 2.05) is 18.2 Å². The van der Waals surface area contributed by atoms with E-state index < -0.39 is 0 Å². The zero-order chi connectivity index (χ0) is 10.5. The third-order valence-corrected chi connectivity index (χ3v) is 1.94. The van der Waals surface area contributed by atoms with Crippen LogP contribution in [0.15, 0.2) is 36.9 Å². The summed E-state index contributed by atoms with van der Waals surface area (Å²) >= 11 is 0. The molecule has 0 unspecified atom stereocenters. The molecule has 0 amide bonds. The monoisotopic (exact) mass is 196 g/mol. The maximum Gasteiger partial charge on any atom is 0.0886 e. The number of nitrogens with zero attached hydrogens (tertiary/aromatic N) is 4. The van der Waals surface area contributed by atoms with Crippen molar-refractivity contribution in [3.63, 3.8) is 0 Å². The van der Waals surface area contributed by atoms with Crippen LogP contribution in [0.25, 0.3) is 11.3 Å². The van der Waals surface area contributed by atoms with Crippen molar-refractivity contribution in [1.29, 1.82) is 5.26 Å². The Morgan fingerprint density at radius 3 is 2.53 bits per heavy atom. The second-order valence-electron chi connectivity index (χ2n) is 2.96. The van der Waals surface area contributed by atoms with Crippen molar-refractivity contribution < 1.29 is 0 Å². The third kappa shape index (κ3) is 2.15. The van der Waals surface area contributed by atoms with Crippen LogP contribution < -0.4 is 0 Å². The van der Waals surface area contributed by atoms with E-state index in [1.165, 1.54) is 0 Å². The minimum atomic E-state index is 0.295. The van der Waals surface area contributed by atoms with Gasteiger partial charge in [0.1, 0.15) is 0 Å². The van der Waals surface area contributed by atoms with Gasteiger partial charge in [0.2, 0.25) is 0 Å². The summed E-state index contributed by atoms with van der Waals surface area (Å²) in [5.41, 5.74) is 2.45. The number of hydrogen-bond donors (Lipinski definition) is 0. The lowest BCUT2D eigenvalue weighted by molar-refractivity contribution is 1.06. The fourth-order valence-corrected chi connectivity index (χ4v) is 1.20. The van der Waals surface area contributed by atoms with Gasteiger partial charge in [0.05, 0.1) is 36.3 Å². The Kier molecular flexibility index (Phi) is 2.65. The second-order valence-corrected chi connectivity index (χ2v) is 2.96. The standard InChI is InChI=1S/C11H8N4/c12-4-1-10-7-15-11(8-14-10)9-2-5-13-6-3-9/h2-3,5-8H,1H2. The van der Waals surface area contributed by atoms with Crippen LogP contribution in [0.3, 0.4) is 0 Å². The maximum absolute atomic E-state index is 8.48. The molecule has 2 heterocycles. The molecule has 2 aromatic heterocycles. The molecule has 2 aromatic rings. The quantitative estimate of drug-likeness (QED) is 0.731. The van der Waals surface area contributed by atoms with Gasteiger partial charge in [0.25, 0.3) is 0 Å². The zero-order valence-corrected chi connectivity index (χ0v) is 7.96. The highest BCUT2D eigenvalue weighted by molar-refractivity contribution is 5.56. The summed E-state index contributed by atoms with van der Waals surface area (Å²) < 4.78 is 0. The van der Waals surface area contributed by atoms with Gasteiger partial charge in [-0.2, -0.15) is 5.26 Å². The molecule has 4 nitrogen and oxygen atoms in total. The van der Waals surface area contributed by atoms with Gasteiger partial charge >= 0.3 is 0 Å². The summed E-state index contributed by atoms with van der Waals surface area (Å²) in [5, 5.41) is 8.48. The third-order valence-electron chi connectivity index (χ3n) is 1.94. The van der Waals surface area contributed by atoms with Gasteiger partial charge in [-0.3, -0.25) is 15.0 Å². The molecule has 0 aliphatic carbocycles. The van der Waals surface area contributed by atoms with Crippen molar-refractivity contribution in [2.24, 2.45) is 0 Å². The zero-order valence-electron chi connectivity index (χ0n) is 7.96. The molecule has 15 heavy (non-hydrogen) atoms. The number of rotatable bonds is 2. The van der Waals surface area contributed by atoms with E-state index in [4.69, 9.17) is 5.26 Å². The van der Waals surface area contributed by atoms with Gasteiger partial charge in [-0.15, -0.1) is 0 Å². The number of pyridine rings is 1. The van der Waals surface area contributed by atoms with Crippen molar-refractivity contribution in [2.75, 3.05) is 0 Å². The Bertz CT molecular complexity index is 470. The molecule has 0 saturated carbocycles. The average molecular weight is 196 g/mol. The van der Waals surface area contributed by atoms with E-state index in [0.29, 0.717) is 12.1 Å². The minimum Gasteiger partial charge on any atom is -0.265 e. The number of aromatic nitrogens is 3. The summed E-state index contributed by atoms with van der Waals surface area (Å²) in [6.07, 6.45) is 7.00. The van der Waals surface area contributed by atoms with Gasteiger partial charge in [0, 0.05) is 18.0 Å². The molecule has 0 atom stereocenters. The van der Waals surface area contributed by atoms with E-state index in [1.54, 1.807) is 24.8 Å². The van der Waals surface area contributed by atoms with E-state index in [-0.39, 0.29) is 0 Å². The molecule has 0 aliphatic rings. The molecule has 0 saturated heterocycles. The predicted molar refractivity (Wildman–Crippen MR) is 54.6 cm³/mol. The summed E-state index contributed by atoms with van der Waals surface area (Å²) in [4.78, 5) is 12.3. The van der Waals surface area contributed by atoms with Crippen LogP contribution in [-0.4, -0.2) is 15.0 Å². The van der Waals surface area contributed by atoms with Crippen LogP contribution in [0.5, 0.6) is 0 Å². The van der Waals surface area contributed by atoms with Crippen molar-refractivity contribution in [3.05, 3.63) is 42.6 Å². The minimum absolute atomic E-state index is 0.295. The Morgan fingerprint density at radius 1 is 1.13 bits per heavy atom. The second kappa shape index (κ2) is 4.29. The average Bonchev–Trinajstić information content (AvgIpc) is 2.32. The molecular formula is C11H8N4. The molecular weight excluding hydrogens is 188 g/mol. The van der Waals surface area contributed by atoms with Crippen molar-refractivity contribution in [3.8, 4) is 17.3 Å². The SMILES string of the molecule is N#CCc1cnc(-c2ccncc2)cn1. The maximum atomic E-state index is 8.48. The molecule has 0 N–H and O–H groups in total. The first-order chi connectivity index (χ1) is 7.40. The highest BCUT2D eigenvalue weighted by Crippen LogP contribution is 2.13. The number of hydrogen-bond acceptors (Lipinski definition) is 4. The van der Waals surface area contributed by atoms with E-state index >= 15 is 0 Å². The van der Waals surface area contributed by atoms with Crippen LogP contribution in [0.4, 0.5) is 0 Å². The normalized spacial score (nSPS) is 9.53. The van der Waals surface area contributed by atoms with Crippen molar-refractivity contribution in [2.45, 2.75) is 6.42 Å². The number of nitriles is 1. The Labute approximate surface area is 87.3 Å². The lowest BCUT2D eigenvalue weighted by Crippen LogP contribution is -1.91. The Hall–Kier alpha value is -2.28.